The van der Waals surface area contributed by atoms with Crippen molar-refractivity contribution in [2.75, 3.05) is 6.61 Å². The third-order valence-corrected chi connectivity index (χ3v) is 3.18. The van der Waals surface area contributed by atoms with Crippen LogP contribution in [0.15, 0.2) is 30.3 Å². The Bertz CT molecular complexity index is 325. The Kier molecular flexibility index (Phi) is 4.54. The summed E-state index contributed by atoms with van der Waals surface area (Å²) in [5, 5.41) is 9.94. The van der Waals surface area contributed by atoms with Crippen LogP contribution in [0.5, 0.6) is 0 Å². The molecule has 17 heavy (non-hydrogen) atoms. The van der Waals surface area contributed by atoms with Crippen LogP contribution in [-0.2, 0) is 16.1 Å². The van der Waals surface area contributed by atoms with Crippen LogP contribution in [-0.4, -0.2) is 30.0 Å². The summed E-state index contributed by atoms with van der Waals surface area (Å²) in [6, 6.07) is 10.0. The van der Waals surface area contributed by atoms with Crippen LogP contribution in [0.25, 0.3) is 0 Å². The molecule has 0 radical (unpaired) electrons. The summed E-state index contributed by atoms with van der Waals surface area (Å²) in [5.74, 6) is 0. The minimum atomic E-state index is -0.405. The maximum atomic E-state index is 9.94. The van der Waals surface area contributed by atoms with Crippen molar-refractivity contribution >= 4 is 0 Å². The van der Waals surface area contributed by atoms with Gasteiger partial charge in [0.25, 0.3) is 0 Å². The molecular formula is C14H20O3. The molecule has 0 spiro atoms. The van der Waals surface area contributed by atoms with Gasteiger partial charge < -0.3 is 14.6 Å². The van der Waals surface area contributed by atoms with E-state index in [4.69, 9.17) is 9.47 Å². The molecule has 0 bridgehead atoms. The lowest BCUT2D eigenvalue weighted by atomic mass is 10.0. The van der Waals surface area contributed by atoms with Gasteiger partial charge in [0.15, 0.2) is 0 Å². The molecule has 3 nitrogen and oxygen atoms in total. The fourth-order valence-electron chi connectivity index (χ4n) is 2.18. The second-order valence-electron chi connectivity index (χ2n) is 4.43. The van der Waals surface area contributed by atoms with Crippen molar-refractivity contribution in [1.82, 2.24) is 0 Å². The number of hydrogen-bond donors (Lipinski definition) is 1. The van der Waals surface area contributed by atoms with Crippen molar-refractivity contribution in [3.05, 3.63) is 35.9 Å². The predicted octanol–water partition coefficient (Wildman–Crippen LogP) is 2.13. The highest BCUT2D eigenvalue weighted by molar-refractivity contribution is 5.13. The largest absolute Gasteiger partial charge is 0.390 e. The Morgan fingerprint density at radius 1 is 1.35 bits per heavy atom. The molecule has 3 atom stereocenters. The fraction of sp³-hybridized carbons (Fsp3) is 0.571. The third-order valence-electron chi connectivity index (χ3n) is 3.18. The van der Waals surface area contributed by atoms with E-state index in [0.29, 0.717) is 19.6 Å². The maximum absolute atomic E-state index is 9.94. The van der Waals surface area contributed by atoms with Gasteiger partial charge in [-0.15, -0.1) is 0 Å². The molecule has 1 heterocycles. The summed E-state index contributed by atoms with van der Waals surface area (Å²) in [6.45, 7) is 3.22. The number of benzene rings is 1. The van der Waals surface area contributed by atoms with E-state index in [2.05, 4.69) is 6.92 Å². The van der Waals surface area contributed by atoms with Gasteiger partial charge >= 0.3 is 0 Å². The smallest absolute Gasteiger partial charge is 0.110 e. The van der Waals surface area contributed by atoms with Gasteiger partial charge in [-0.25, -0.2) is 0 Å². The number of ether oxygens (including phenoxy) is 2. The summed E-state index contributed by atoms with van der Waals surface area (Å²) < 4.78 is 11.4. The highest BCUT2D eigenvalue weighted by atomic mass is 16.6. The highest BCUT2D eigenvalue weighted by Crippen LogP contribution is 2.21. The molecule has 0 aliphatic carbocycles. The lowest BCUT2D eigenvalue weighted by Gasteiger charge is -2.34. The summed E-state index contributed by atoms with van der Waals surface area (Å²) >= 11 is 0. The van der Waals surface area contributed by atoms with Crippen molar-refractivity contribution < 1.29 is 14.6 Å². The zero-order valence-corrected chi connectivity index (χ0v) is 10.2. The second kappa shape index (κ2) is 6.15. The van der Waals surface area contributed by atoms with Gasteiger partial charge in [-0.2, -0.15) is 0 Å². The monoisotopic (exact) mass is 236 g/mol. The third kappa shape index (κ3) is 3.28. The van der Waals surface area contributed by atoms with Crippen LogP contribution in [0.4, 0.5) is 0 Å². The van der Waals surface area contributed by atoms with Crippen molar-refractivity contribution in [1.29, 1.82) is 0 Å². The highest BCUT2D eigenvalue weighted by Gasteiger charge is 2.32. The zero-order valence-electron chi connectivity index (χ0n) is 10.2. The lowest BCUT2D eigenvalue weighted by molar-refractivity contribution is -0.164. The van der Waals surface area contributed by atoms with E-state index in [1.807, 2.05) is 30.3 Å². The molecule has 1 aliphatic heterocycles. The first-order chi connectivity index (χ1) is 8.31. The van der Waals surface area contributed by atoms with E-state index in [1.165, 1.54) is 0 Å². The first-order valence-electron chi connectivity index (χ1n) is 6.26. The van der Waals surface area contributed by atoms with Crippen molar-refractivity contribution in [3.63, 3.8) is 0 Å². The van der Waals surface area contributed by atoms with Crippen molar-refractivity contribution in [3.8, 4) is 0 Å². The molecule has 94 valence electrons. The molecule has 1 aliphatic rings. The Morgan fingerprint density at radius 2 is 2.12 bits per heavy atom. The van der Waals surface area contributed by atoms with E-state index in [1.54, 1.807) is 0 Å². The van der Waals surface area contributed by atoms with Crippen LogP contribution in [0.1, 0.15) is 25.3 Å². The first kappa shape index (κ1) is 12.6. The van der Waals surface area contributed by atoms with Crippen LogP contribution in [0.3, 0.4) is 0 Å². The molecule has 1 fully saturated rings. The fourth-order valence-corrected chi connectivity index (χ4v) is 2.18. The summed E-state index contributed by atoms with van der Waals surface area (Å²) in [4.78, 5) is 0. The minimum Gasteiger partial charge on any atom is -0.390 e. The number of hydrogen-bond acceptors (Lipinski definition) is 3. The van der Waals surface area contributed by atoms with Crippen molar-refractivity contribution in [2.45, 2.75) is 44.7 Å². The van der Waals surface area contributed by atoms with Gasteiger partial charge in [0.2, 0.25) is 0 Å². The Morgan fingerprint density at radius 3 is 2.82 bits per heavy atom. The standard InChI is InChI=1S/C14H20O3/c1-2-13-14(12(15)8-9-16-13)17-10-11-6-4-3-5-7-11/h3-7,12-15H,2,8-10H2,1H3/t12-,13-,14?/m0/s1. The maximum Gasteiger partial charge on any atom is 0.110 e. The normalized spacial score (nSPS) is 29.2. The SMILES string of the molecule is CC[C@@H]1OCC[C@H](O)C1OCc1ccccc1. The van der Waals surface area contributed by atoms with E-state index in [0.717, 1.165) is 12.0 Å². The average Bonchev–Trinajstić information content (AvgIpc) is 2.38. The first-order valence-corrected chi connectivity index (χ1v) is 6.26. The Labute approximate surface area is 102 Å². The quantitative estimate of drug-likeness (QED) is 0.870. The minimum absolute atomic E-state index is 0.0162. The average molecular weight is 236 g/mol. The number of aliphatic hydroxyl groups is 1. The van der Waals surface area contributed by atoms with Gasteiger partial charge in [0, 0.05) is 6.61 Å². The van der Waals surface area contributed by atoms with Crippen LogP contribution in [0, 0.1) is 0 Å². The van der Waals surface area contributed by atoms with Gasteiger partial charge in [0.1, 0.15) is 6.10 Å². The van der Waals surface area contributed by atoms with Crippen LogP contribution < -0.4 is 0 Å². The van der Waals surface area contributed by atoms with E-state index in [9.17, 15) is 5.11 Å². The number of aliphatic hydroxyl groups excluding tert-OH is 1. The summed E-state index contributed by atoms with van der Waals surface area (Å²) in [6.07, 6.45) is 0.945. The number of rotatable bonds is 4. The van der Waals surface area contributed by atoms with Crippen molar-refractivity contribution in [2.24, 2.45) is 0 Å². The van der Waals surface area contributed by atoms with Crippen LogP contribution in [0.2, 0.25) is 0 Å². The van der Waals surface area contributed by atoms with Gasteiger partial charge in [0.05, 0.1) is 18.8 Å². The topological polar surface area (TPSA) is 38.7 Å². The molecule has 1 aromatic rings. The molecule has 3 heteroatoms. The molecule has 1 aromatic carbocycles. The van der Waals surface area contributed by atoms with Gasteiger partial charge in [-0.1, -0.05) is 37.3 Å². The lowest BCUT2D eigenvalue weighted by Crippen LogP contribution is -2.45. The van der Waals surface area contributed by atoms with Gasteiger partial charge in [-0.3, -0.25) is 0 Å². The molecule has 1 saturated heterocycles. The summed E-state index contributed by atoms with van der Waals surface area (Å²) in [5.41, 5.74) is 1.13. The molecule has 0 aromatic heterocycles. The van der Waals surface area contributed by atoms with E-state index in [-0.39, 0.29) is 12.2 Å². The summed E-state index contributed by atoms with van der Waals surface area (Å²) in [7, 11) is 0. The van der Waals surface area contributed by atoms with Crippen LogP contribution >= 0.6 is 0 Å². The predicted molar refractivity (Wildman–Crippen MR) is 65.7 cm³/mol. The molecule has 2 rings (SSSR count). The Balaban J connectivity index is 1.92. The second-order valence-corrected chi connectivity index (χ2v) is 4.43. The Hall–Kier alpha value is -0.900. The molecule has 0 saturated carbocycles. The molecule has 1 unspecified atom stereocenters. The van der Waals surface area contributed by atoms with E-state index < -0.39 is 6.10 Å². The van der Waals surface area contributed by atoms with E-state index >= 15 is 0 Å². The molecule has 1 N–H and O–H groups in total. The zero-order chi connectivity index (χ0) is 12.1. The van der Waals surface area contributed by atoms with Gasteiger partial charge in [-0.05, 0) is 18.4 Å². The molecule has 0 amide bonds. The molecular weight excluding hydrogens is 216 g/mol.